The fourth-order valence-electron chi connectivity index (χ4n) is 2.06. The monoisotopic (exact) mass is 360 g/mol. The molecular formula is C14H18Cl2N4OS. The van der Waals surface area contributed by atoms with Gasteiger partial charge < -0.3 is 10.6 Å². The second kappa shape index (κ2) is 8.43. The van der Waals surface area contributed by atoms with Crippen molar-refractivity contribution in [1.29, 1.82) is 0 Å². The third-order valence-corrected chi connectivity index (χ3v) is 4.35. The van der Waals surface area contributed by atoms with Gasteiger partial charge in [0.15, 0.2) is 5.13 Å². The van der Waals surface area contributed by atoms with Crippen molar-refractivity contribution < 1.29 is 4.79 Å². The molecule has 2 aromatic rings. The van der Waals surface area contributed by atoms with Gasteiger partial charge in [-0.05, 0) is 31.1 Å². The fraction of sp³-hybridized carbons (Fsp3) is 0.357. The van der Waals surface area contributed by atoms with Crippen molar-refractivity contribution in [2.75, 3.05) is 18.4 Å². The van der Waals surface area contributed by atoms with Crippen LogP contribution < -0.4 is 10.6 Å². The average Bonchev–Trinajstić information content (AvgIpc) is 2.86. The van der Waals surface area contributed by atoms with Crippen molar-refractivity contribution in [3.63, 3.8) is 0 Å². The van der Waals surface area contributed by atoms with E-state index in [2.05, 4.69) is 20.6 Å². The van der Waals surface area contributed by atoms with Crippen LogP contribution in [0.3, 0.4) is 0 Å². The second-order valence-electron chi connectivity index (χ2n) is 4.95. The van der Waals surface area contributed by atoms with Gasteiger partial charge in [-0.25, -0.2) is 4.98 Å². The Morgan fingerprint density at radius 2 is 2.14 bits per heavy atom. The number of carbonyl (C=O) groups excluding carboxylic acids is 1. The summed E-state index contributed by atoms with van der Waals surface area (Å²) in [5.41, 5.74) is 1.62. The zero-order valence-electron chi connectivity index (χ0n) is 12.0. The zero-order valence-corrected chi connectivity index (χ0v) is 14.4. The Bertz CT molecular complexity index is 604. The standard InChI is InChI=1S/C14H16N4OS.2ClH/c1-9(10-6-15-7-10)13(19)18-14-17-12(8-20-14)11-4-2-3-5-16-11;;/h2-5,8-10,15H,6-7H2,1H3,(H,17,18,19);2*1H. The molecule has 22 heavy (non-hydrogen) atoms. The largest absolute Gasteiger partial charge is 0.316 e. The minimum atomic E-state index is 0. The van der Waals surface area contributed by atoms with Gasteiger partial charge in [0, 0.05) is 17.5 Å². The maximum atomic E-state index is 12.1. The topological polar surface area (TPSA) is 66.9 Å². The van der Waals surface area contributed by atoms with Crippen molar-refractivity contribution in [2.45, 2.75) is 6.92 Å². The van der Waals surface area contributed by atoms with E-state index in [9.17, 15) is 4.79 Å². The maximum absolute atomic E-state index is 12.1. The zero-order chi connectivity index (χ0) is 13.9. The first-order valence-electron chi connectivity index (χ1n) is 6.62. The number of aromatic nitrogens is 2. The molecule has 1 aliphatic rings. The quantitative estimate of drug-likeness (QED) is 0.879. The lowest BCUT2D eigenvalue weighted by Gasteiger charge is -2.31. The van der Waals surface area contributed by atoms with Gasteiger partial charge in [0.2, 0.25) is 5.91 Å². The van der Waals surface area contributed by atoms with Crippen molar-refractivity contribution in [2.24, 2.45) is 11.8 Å². The first-order chi connectivity index (χ1) is 9.74. The molecule has 3 rings (SSSR count). The number of hydrogen-bond acceptors (Lipinski definition) is 5. The van der Waals surface area contributed by atoms with Crippen LogP contribution in [-0.2, 0) is 4.79 Å². The van der Waals surface area contributed by atoms with Crippen LogP contribution in [0.1, 0.15) is 6.92 Å². The molecule has 0 aliphatic carbocycles. The van der Waals surface area contributed by atoms with Gasteiger partial charge in [0.25, 0.3) is 0 Å². The number of halogens is 2. The predicted octanol–water partition coefficient (Wildman–Crippen LogP) is 2.84. The predicted molar refractivity (Wildman–Crippen MR) is 94.0 cm³/mol. The summed E-state index contributed by atoms with van der Waals surface area (Å²) in [5, 5.41) is 8.62. The summed E-state index contributed by atoms with van der Waals surface area (Å²) < 4.78 is 0. The highest BCUT2D eigenvalue weighted by atomic mass is 35.5. The molecule has 1 aliphatic heterocycles. The summed E-state index contributed by atoms with van der Waals surface area (Å²) in [7, 11) is 0. The van der Waals surface area contributed by atoms with Crippen molar-refractivity contribution in [1.82, 2.24) is 15.3 Å². The molecule has 0 aromatic carbocycles. The molecule has 5 nitrogen and oxygen atoms in total. The third-order valence-electron chi connectivity index (χ3n) is 3.60. The van der Waals surface area contributed by atoms with Gasteiger partial charge in [-0.3, -0.25) is 9.78 Å². The molecule has 0 spiro atoms. The number of carbonyl (C=O) groups is 1. The molecule has 120 valence electrons. The van der Waals surface area contributed by atoms with Crippen molar-refractivity contribution >= 4 is 47.2 Å². The lowest BCUT2D eigenvalue weighted by atomic mass is 9.88. The molecule has 2 N–H and O–H groups in total. The number of thiazole rings is 1. The molecule has 0 saturated carbocycles. The molecule has 1 atom stereocenters. The molecule has 1 fully saturated rings. The van der Waals surface area contributed by atoms with E-state index in [0.29, 0.717) is 11.0 Å². The number of pyridine rings is 1. The Kier molecular flexibility index (Phi) is 7.22. The van der Waals surface area contributed by atoms with Crippen LogP contribution in [0.2, 0.25) is 0 Å². The molecule has 8 heteroatoms. The summed E-state index contributed by atoms with van der Waals surface area (Å²) in [4.78, 5) is 20.8. The summed E-state index contributed by atoms with van der Waals surface area (Å²) in [5.74, 6) is 0.488. The smallest absolute Gasteiger partial charge is 0.229 e. The van der Waals surface area contributed by atoms with Crippen LogP contribution in [-0.4, -0.2) is 29.0 Å². The minimum absolute atomic E-state index is 0. The summed E-state index contributed by atoms with van der Waals surface area (Å²) in [6.07, 6.45) is 1.73. The number of nitrogens with zero attached hydrogens (tertiary/aromatic N) is 2. The van der Waals surface area contributed by atoms with E-state index in [4.69, 9.17) is 0 Å². The van der Waals surface area contributed by atoms with Crippen LogP contribution in [0.4, 0.5) is 5.13 Å². The lowest BCUT2D eigenvalue weighted by Crippen LogP contribution is -2.48. The highest BCUT2D eigenvalue weighted by Crippen LogP contribution is 2.24. The normalized spacial score (nSPS) is 15.0. The van der Waals surface area contributed by atoms with Crippen molar-refractivity contribution in [3.05, 3.63) is 29.8 Å². The Morgan fingerprint density at radius 3 is 2.73 bits per heavy atom. The molecule has 3 heterocycles. The van der Waals surface area contributed by atoms with E-state index < -0.39 is 0 Å². The van der Waals surface area contributed by atoms with Crippen LogP contribution in [0.15, 0.2) is 29.8 Å². The molecule has 1 unspecified atom stereocenters. The van der Waals surface area contributed by atoms with Crippen LogP contribution in [0.25, 0.3) is 11.4 Å². The van der Waals surface area contributed by atoms with Crippen molar-refractivity contribution in [3.8, 4) is 11.4 Å². The maximum Gasteiger partial charge on any atom is 0.229 e. The second-order valence-corrected chi connectivity index (χ2v) is 5.81. The van der Waals surface area contributed by atoms with Crippen LogP contribution in [0, 0.1) is 11.8 Å². The SMILES string of the molecule is CC(C(=O)Nc1nc(-c2ccccn2)cs1)C1CNC1.Cl.Cl. The first-order valence-corrected chi connectivity index (χ1v) is 7.50. The highest BCUT2D eigenvalue weighted by Gasteiger charge is 2.29. The molecule has 1 saturated heterocycles. The Morgan fingerprint density at radius 1 is 1.36 bits per heavy atom. The molecule has 0 bridgehead atoms. The first kappa shape index (κ1) is 18.8. The summed E-state index contributed by atoms with van der Waals surface area (Å²) in [6, 6.07) is 5.70. The van der Waals surface area contributed by atoms with Gasteiger partial charge in [-0.1, -0.05) is 13.0 Å². The van der Waals surface area contributed by atoms with Gasteiger partial charge in [0.05, 0.1) is 5.69 Å². The van der Waals surface area contributed by atoms with Crippen LogP contribution in [0.5, 0.6) is 0 Å². The molecule has 2 aromatic heterocycles. The Balaban J connectivity index is 0.00000121. The average molecular weight is 361 g/mol. The van der Waals surface area contributed by atoms with E-state index in [1.807, 2.05) is 30.5 Å². The third kappa shape index (κ3) is 4.16. The summed E-state index contributed by atoms with van der Waals surface area (Å²) >= 11 is 1.43. The fourth-order valence-corrected chi connectivity index (χ4v) is 2.77. The minimum Gasteiger partial charge on any atom is -0.316 e. The van der Waals surface area contributed by atoms with E-state index in [-0.39, 0.29) is 36.6 Å². The molecule has 0 radical (unpaired) electrons. The number of nitrogens with one attached hydrogen (secondary N) is 2. The van der Waals surface area contributed by atoms with E-state index in [0.717, 1.165) is 24.5 Å². The Hall–Kier alpha value is -1.21. The van der Waals surface area contributed by atoms with E-state index >= 15 is 0 Å². The van der Waals surface area contributed by atoms with E-state index in [1.54, 1.807) is 6.20 Å². The van der Waals surface area contributed by atoms with Gasteiger partial charge >= 0.3 is 0 Å². The highest BCUT2D eigenvalue weighted by molar-refractivity contribution is 7.14. The van der Waals surface area contributed by atoms with Crippen LogP contribution >= 0.6 is 36.2 Å². The Labute approximate surface area is 145 Å². The molecule has 1 amide bonds. The lowest BCUT2D eigenvalue weighted by molar-refractivity contribution is -0.121. The number of hydrogen-bond donors (Lipinski definition) is 2. The summed E-state index contributed by atoms with van der Waals surface area (Å²) in [6.45, 7) is 3.81. The van der Waals surface area contributed by atoms with Gasteiger partial charge in [-0.2, -0.15) is 0 Å². The number of rotatable bonds is 4. The number of amides is 1. The van der Waals surface area contributed by atoms with Gasteiger partial charge in [-0.15, -0.1) is 36.2 Å². The number of anilines is 1. The molecular weight excluding hydrogens is 343 g/mol. The van der Waals surface area contributed by atoms with Gasteiger partial charge in [0.1, 0.15) is 5.69 Å². The van der Waals surface area contributed by atoms with E-state index in [1.165, 1.54) is 11.3 Å².